The summed E-state index contributed by atoms with van der Waals surface area (Å²) in [5.41, 5.74) is 1.72. The van der Waals surface area contributed by atoms with Crippen molar-refractivity contribution in [1.82, 2.24) is 9.88 Å². The van der Waals surface area contributed by atoms with E-state index in [1.54, 1.807) is 49.6 Å². The summed E-state index contributed by atoms with van der Waals surface area (Å²) in [6.45, 7) is 0.321. The predicted octanol–water partition coefficient (Wildman–Crippen LogP) is 1.22. The standard InChI is InChI=1S/C18H19N3O4/c1-21-15(10-25-11-16(21)22)17(23)12-4-6-14(7-5-12)20-18(24)13-3-2-8-19-9-13/h2-9,15,17,23H,10-11H2,1H3,(H,20,24). The van der Waals surface area contributed by atoms with Gasteiger partial charge in [-0.25, -0.2) is 0 Å². The van der Waals surface area contributed by atoms with Crippen LogP contribution in [0.2, 0.25) is 0 Å². The zero-order chi connectivity index (χ0) is 17.8. The highest BCUT2D eigenvalue weighted by Gasteiger charge is 2.32. The summed E-state index contributed by atoms with van der Waals surface area (Å²) in [7, 11) is 1.65. The molecular weight excluding hydrogens is 322 g/mol. The van der Waals surface area contributed by atoms with E-state index in [4.69, 9.17) is 4.74 Å². The second-order valence-electron chi connectivity index (χ2n) is 5.85. The van der Waals surface area contributed by atoms with Gasteiger partial charge in [-0.3, -0.25) is 14.6 Å². The number of amides is 2. The van der Waals surface area contributed by atoms with Crippen molar-refractivity contribution in [2.45, 2.75) is 12.1 Å². The highest BCUT2D eigenvalue weighted by molar-refractivity contribution is 6.04. The Labute approximate surface area is 145 Å². The maximum absolute atomic E-state index is 12.1. The molecule has 2 atom stereocenters. The Morgan fingerprint density at radius 2 is 2.12 bits per heavy atom. The third-order valence-electron chi connectivity index (χ3n) is 4.20. The first-order valence-electron chi connectivity index (χ1n) is 7.89. The van der Waals surface area contributed by atoms with Gasteiger partial charge in [0.25, 0.3) is 5.91 Å². The van der Waals surface area contributed by atoms with Crippen LogP contribution >= 0.6 is 0 Å². The zero-order valence-corrected chi connectivity index (χ0v) is 13.8. The number of aliphatic hydroxyl groups excluding tert-OH is 1. The Morgan fingerprint density at radius 1 is 1.36 bits per heavy atom. The van der Waals surface area contributed by atoms with E-state index in [2.05, 4.69) is 10.3 Å². The molecular formula is C18H19N3O4. The number of hydrogen-bond acceptors (Lipinski definition) is 5. The van der Waals surface area contributed by atoms with Gasteiger partial charge in [-0.05, 0) is 29.8 Å². The third kappa shape index (κ3) is 3.84. The second kappa shape index (κ2) is 7.42. The minimum atomic E-state index is -0.864. The van der Waals surface area contributed by atoms with Gasteiger partial charge >= 0.3 is 0 Å². The highest BCUT2D eigenvalue weighted by Crippen LogP contribution is 2.24. The number of nitrogens with zero attached hydrogens (tertiary/aromatic N) is 2. The second-order valence-corrected chi connectivity index (χ2v) is 5.85. The molecule has 2 amide bonds. The summed E-state index contributed by atoms with van der Waals surface area (Å²) < 4.78 is 5.22. The molecule has 2 heterocycles. The van der Waals surface area contributed by atoms with E-state index in [1.165, 1.54) is 11.1 Å². The molecule has 2 unspecified atom stereocenters. The number of ether oxygens (including phenoxy) is 1. The molecule has 130 valence electrons. The molecule has 2 aromatic rings. The van der Waals surface area contributed by atoms with Crippen molar-refractivity contribution >= 4 is 17.5 Å². The molecule has 1 aliphatic heterocycles. The first kappa shape index (κ1) is 17.1. The topological polar surface area (TPSA) is 91.8 Å². The molecule has 0 aliphatic carbocycles. The minimum absolute atomic E-state index is 0.0407. The van der Waals surface area contributed by atoms with Gasteiger partial charge in [-0.2, -0.15) is 0 Å². The fraction of sp³-hybridized carbons (Fsp3) is 0.278. The van der Waals surface area contributed by atoms with Crippen molar-refractivity contribution in [3.05, 3.63) is 59.9 Å². The Kier molecular flexibility index (Phi) is 5.06. The van der Waals surface area contributed by atoms with Crippen LogP contribution in [0.5, 0.6) is 0 Å². The van der Waals surface area contributed by atoms with Crippen LogP contribution in [0, 0.1) is 0 Å². The lowest BCUT2D eigenvalue weighted by Gasteiger charge is -2.35. The van der Waals surface area contributed by atoms with Crippen LogP contribution in [0.25, 0.3) is 0 Å². The van der Waals surface area contributed by atoms with Crippen LogP contribution in [-0.4, -0.2) is 53.1 Å². The molecule has 1 aliphatic rings. The number of nitrogens with one attached hydrogen (secondary N) is 1. The summed E-state index contributed by atoms with van der Waals surface area (Å²) >= 11 is 0. The summed E-state index contributed by atoms with van der Waals surface area (Å²) in [5, 5.41) is 13.3. The quantitative estimate of drug-likeness (QED) is 0.872. The Morgan fingerprint density at radius 3 is 2.80 bits per heavy atom. The molecule has 2 N–H and O–H groups in total. The number of carbonyl (C=O) groups excluding carboxylic acids is 2. The molecule has 25 heavy (non-hydrogen) atoms. The summed E-state index contributed by atoms with van der Waals surface area (Å²) in [6, 6.07) is 9.79. The largest absolute Gasteiger partial charge is 0.386 e. The number of pyridine rings is 1. The number of benzene rings is 1. The van der Waals surface area contributed by atoms with E-state index in [0.717, 1.165) is 0 Å². The monoisotopic (exact) mass is 341 g/mol. The Hall–Kier alpha value is -2.77. The number of carbonyl (C=O) groups is 2. The van der Waals surface area contributed by atoms with Gasteiger partial charge in [-0.1, -0.05) is 12.1 Å². The number of hydrogen-bond donors (Lipinski definition) is 2. The molecule has 7 heteroatoms. The predicted molar refractivity (Wildman–Crippen MR) is 91.0 cm³/mol. The summed E-state index contributed by atoms with van der Waals surface area (Å²) in [4.78, 5) is 29.2. The number of aliphatic hydroxyl groups is 1. The van der Waals surface area contributed by atoms with Crippen LogP contribution in [0.1, 0.15) is 22.0 Å². The van der Waals surface area contributed by atoms with Crippen molar-refractivity contribution in [2.75, 3.05) is 25.6 Å². The van der Waals surface area contributed by atoms with E-state index >= 15 is 0 Å². The molecule has 0 radical (unpaired) electrons. The maximum Gasteiger partial charge on any atom is 0.257 e. The smallest absolute Gasteiger partial charge is 0.257 e. The molecule has 0 bridgehead atoms. The summed E-state index contributed by atoms with van der Waals surface area (Å²) in [5.74, 6) is -0.414. The van der Waals surface area contributed by atoms with Gasteiger partial charge < -0.3 is 20.1 Å². The molecule has 7 nitrogen and oxygen atoms in total. The first-order valence-corrected chi connectivity index (χ1v) is 7.89. The van der Waals surface area contributed by atoms with E-state index in [1.807, 2.05) is 0 Å². The van der Waals surface area contributed by atoms with Gasteiger partial charge in [0.15, 0.2) is 0 Å². The first-order chi connectivity index (χ1) is 12.1. The van der Waals surface area contributed by atoms with E-state index < -0.39 is 12.1 Å². The molecule has 3 rings (SSSR count). The van der Waals surface area contributed by atoms with Crippen molar-refractivity contribution in [3.8, 4) is 0 Å². The lowest BCUT2D eigenvalue weighted by molar-refractivity contribution is -0.151. The van der Waals surface area contributed by atoms with Crippen LogP contribution in [0.4, 0.5) is 5.69 Å². The fourth-order valence-corrected chi connectivity index (χ4v) is 2.65. The fourth-order valence-electron chi connectivity index (χ4n) is 2.65. The average Bonchev–Trinajstić information content (AvgIpc) is 2.65. The van der Waals surface area contributed by atoms with Crippen molar-refractivity contribution < 1.29 is 19.4 Å². The molecule has 1 fully saturated rings. The van der Waals surface area contributed by atoms with Crippen LogP contribution in [0.3, 0.4) is 0 Å². The number of morpholine rings is 1. The van der Waals surface area contributed by atoms with Gasteiger partial charge in [0.05, 0.1) is 18.2 Å². The van der Waals surface area contributed by atoms with Crippen molar-refractivity contribution in [3.63, 3.8) is 0 Å². The molecule has 0 spiro atoms. The van der Waals surface area contributed by atoms with Crippen LogP contribution < -0.4 is 5.32 Å². The number of likely N-dealkylation sites (N-methyl/N-ethyl adjacent to an activating group) is 1. The Balaban J connectivity index is 1.67. The van der Waals surface area contributed by atoms with Gasteiger partial charge in [0.1, 0.15) is 12.7 Å². The van der Waals surface area contributed by atoms with E-state index in [9.17, 15) is 14.7 Å². The summed E-state index contributed by atoms with van der Waals surface area (Å²) in [6.07, 6.45) is 2.23. The molecule has 1 saturated heterocycles. The van der Waals surface area contributed by atoms with Crippen LogP contribution in [-0.2, 0) is 9.53 Å². The Bertz CT molecular complexity index is 749. The lowest BCUT2D eigenvalue weighted by atomic mass is 10.0. The molecule has 0 saturated carbocycles. The number of rotatable bonds is 4. The van der Waals surface area contributed by atoms with E-state index in [-0.39, 0.29) is 25.0 Å². The maximum atomic E-state index is 12.1. The van der Waals surface area contributed by atoms with Gasteiger partial charge in [-0.15, -0.1) is 0 Å². The van der Waals surface area contributed by atoms with Crippen LogP contribution in [0.15, 0.2) is 48.8 Å². The normalized spacial score (nSPS) is 18.7. The molecule has 1 aromatic heterocycles. The van der Waals surface area contributed by atoms with Gasteiger partial charge in [0.2, 0.25) is 5.91 Å². The van der Waals surface area contributed by atoms with E-state index in [0.29, 0.717) is 16.8 Å². The lowest BCUT2D eigenvalue weighted by Crippen LogP contribution is -2.49. The highest BCUT2D eigenvalue weighted by atomic mass is 16.5. The average molecular weight is 341 g/mol. The molecule has 1 aromatic carbocycles. The SMILES string of the molecule is CN1C(=O)COCC1C(O)c1ccc(NC(=O)c2cccnc2)cc1. The zero-order valence-electron chi connectivity index (χ0n) is 13.8. The third-order valence-corrected chi connectivity index (χ3v) is 4.20. The van der Waals surface area contributed by atoms with Crippen molar-refractivity contribution in [1.29, 1.82) is 0 Å². The van der Waals surface area contributed by atoms with Gasteiger partial charge in [0, 0.05) is 25.1 Å². The van der Waals surface area contributed by atoms with Crippen molar-refractivity contribution in [2.24, 2.45) is 0 Å². The number of aromatic nitrogens is 1. The number of anilines is 1. The minimum Gasteiger partial charge on any atom is -0.386 e.